The molecular weight excluding hydrogens is 574 g/mol. The van der Waals surface area contributed by atoms with Gasteiger partial charge >= 0.3 is 6.09 Å². The van der Waals surface area contributed by atoms with Gasteiger partial charge in [-0.1, -0.05) is 0 Å². The fraction of sp³-hybridized carbons (Fsp3) is 0.514. The molecule has 1 aliphatic carbocycles. The van der Waals surface area contributed by atoms with E-state index in [0.717, 1.165) is 82.4 Å². The molecule has 2 aliphatic heterocycles. The first kappa shape index (κ1) is 31.0. The molecule has 3 aliphatic rings. The zero-order valence-corrected chi connectivity index (χ0v) is 26.1. The molecule has 1 aromatic heterocycles. The SMILES string of the molecule is CNC(=O)O[C@@H]1CCC[C@H]1C(Cn1ccnc1C)(c1cc(F)cc(F)c1)C1CCN(CC2CN(c3ccc(C#N)cc3)C2)CC1. The molecule has 6 rings (SSSR count). The van der Waals surface area contributed by atoms with Crippen LogP contribution >= 0.6 is 0 Å². The lowest BCUT2D eigenvalue weighted by molar-refractivity contribution is 0.00154. The molecule has 2 aromatic carbocycles. The second-order valence-electron chi connectivity index (χ2n) is 13.0. The molecule has 1 unspecified atom stereocenters. The minimum Gasteiger partial charge on any atom is -0.446 e. The molecule has 238 valence electrons. The molecule has 1 saturated carbocycles. The van der Waals surface area contributed by atoms with E-state index in [4.69, 9.17) is 10.00 Å². The number of benzene rings is 2. The first-order valence-electron chi connectivity index (χ1n) is 16.1. The van der Waals surface area contributed by atoms with Crippen LogP contribution < -0.4 is 10.2 Å². The molecular formula is C35H42F2N6O2. The lowest BCUT2D eigenvalue weighted by atomic mass is 9.58. The summed E-state index contributed by atoms with van der Waals surface area (Å²) in [7, 11) is 1.55. The summed E-state index contributed by atoms with van der Waals surface area (Å²) in [6.45, 7) is 7.23. The largest absolute Gasteiger partial charge is 0.446 e. The number of anilines is 1. The van der Waals surface area contributed by atoms with Gasteiger partial charge in [0.05, 0.1) is 11.6 Å². The summed E-state index contributed by atoms with van der Waals surface area (Å²) in [5, 5.41) is 11.7. The maximum atomic E-state index is 15.0. The molecule has 0 spiro atoms. The smallest absolute Gasteiger partial charge is 0.407 e. The fourth-order valence-electron chi connectivity index (χ4n) is 8.26. The van der Waals surface area contributed by atoms with Gasteiger partial charge in [0.25, 0.3) is 0 Å². The van der Waals surface area contributed by atoms with Crippen LogP contribution in [-0.4, -0.2) is 66.4 Å². The van der Waals surface area contributed by atoms with Crippen molar-refractivity contribution in [2.45, 2.75) is 57.1 Å². The second-order valence-corrected chi connectivity index (χ2v) is 13.0. The highest BCUT2D eigenvalue weighted by Gasteiger charge is 2.53. The molecule has 1 amide bonds. The minimum atomic E-state index is -0.668. The zero-order chi connectivity index (χ0) is 31.6. The van der Waals surface area contributed by atoms with Crippen molar-refractivity contribution in [2.24, 2.45) is 17.8 Å². The Kier molecular flexibility index (Phi) is 9.09. The highest BCUT2D eigenvalue weighted by atomic mass is 19.1. The van der Waals surface area contributed by atoms with Gasteiger partial charge in [-0.25, -0.2) is 18.6 Å². The number of carbonyl (C=O) groups is 1. The average molecular weight is 617 g/mol. The van der Waals surface area contributed by atoms with Crippen molar-refractivity contribution in [1.29, 1.82) is 5.26 Å². The molecule has 10 heteroatoms. The topological polar surface area (TPSA) is 86.4 Å². The summed E-state index contributed by atoms with van der Waals surface area (Å²) < 4.78 is 38.0. The van der Waals surface area contributed by atoms with E-state index in [-0.39, 0.29) is 17.9 Å². The van der Waals surface area contributed by atoms with Crippen LogP contribution in [0.25, 0.3) is 0 Å². The molecule has 8 nitrogen and oxygen atoms in total. The predicted octanol–water partition coefficient (Wildman–Crippen LogP) is 5.65. The van der Waals surface area contributed by atoms with Crippen LogP contribution in [0.2, 0.25) is 0 Å². The lowest BCUT2D eigenvalue weighted by Gasteiger charge is -2.51. The molecule has 2 saturated heterocycles. The van der Waals surface area contributed by atoms with Gasteiger partial charge in [0.15, 0.2) is 0 Å². The van der Waals surface area contributed by atoms with Crippen molar-refractivity contribution >= 4 is 11.8 Å². The Balaban J connectivity index is 1.24. The summed E-state index contributed by atoms with van der Waals surface area (Å²) in [5.41, 5.74) is 1.79. The number of imidazole rings is 1. The Bertz CT molecular complexity index is 1500. The van der Waals surface area contributed by atoms with Crippen molar-refractivity contribution in [1.82, 2.24) is 19.8 Å². The number of aromatic nitrogens is 2. The Morgan fingerprint density at radius 3 is 2.42 bits per heavy atom. The number of nitriles is 1. The normalized spacial score (nSPS) is 22.4. The first-order chi connectivity index (χ1) is 21.8. The number of carbonyl (C=O) groups excluding carboxylic acids is 1. The molecule has 1 N–H and O–H groups in total. The molecule has 3 aromatic rings. The number of amides is 1. The Morgan fingerprint density at radius 1 is 1.09 bits per heavy atom. The highest BCUT2D eigenvalue weighted by molar-refractivity contribution is 5.67. The number of nitrogens with one attached hydrogen (secondary N) is 1. The molecule has 0 radical (unpaired) electrons. The van der Waals surface area contributed by atoms with Crippen molar-refractivity contribution in [2.75, 3.05) is 44.7 Å². The van der Waals surface area contributed by atoms with E-state index in [2.05, 4.69) is 30.7 Å². The molecule has 0 bridgehead atoms. The van der Waals surface area contributed by atoms with Crippen LogP contribution in [0.3, 0.4) is 0 Å². The Hall–Kier alpha value is -3.97. The van der Waals surface area contributed by atoms with E-state index in [9.17, 15) is 13.6 Å². The van der Waals surface area contributed by atoms with E-state index in [1.807, 2.05) is 37.4 Å². The number of rotatable bonds is 9. The summed E-state index contributed by atoms with van der Waals surface area (Å²) in [5.74, 6) is 0.231. The summed E-state index contributed by atoms with van der Waals surface area (Å²) in [6, 6.07) is 13.9. The number of nitrogens with zero attached hydrogens (tertiary/aromatic N) is 5. The Morgan fingerprint density at radius 2 is 1.80 bits per heavy atom. The maximum absolute atomic E-state index is 15.0. The van der Waals surface area contributed by atoms with Crippen LogP contribution in [-0.2, 0) is 16.7 Å². The number of hydrogen-bond acceptors (Lipinski definition) is 6. The molecule has 3 atom stereocenters. The first-order valence-corrected chi connectivity index (χ1v) is 16.1. The van der Waals surface area contributed by atoms with Crippen molar-refractivity contribution < 1.29 is 18.3 Å². The standard InChI is InChI=1S/C35H42F2N6O2/c1-24-40-12-15-42(24)23-35(28-16-29(36)18-30(37)17-28,32-4-3-5-33(32)45-34(44)39-2)27-10-13-41(14-11-27)20-26-21-43(22-26)31-8-6-25(19-38)7-9-31/h6-9,12,15-18,26-27,32-33H,3-5,10-11,13-14,20-23H2,1-2H3,(H,39,44)/t32-,33-,35?/m1/s1. The van der Waals surface area contributed by atoms with Gasteiger partial charge in [0.1, 0.15) is 23.6 Å². The van der Waals surface area contributed by atoms with E-state index < -0.39 is 23.1 Å². The maximum Gasteiger partial charge on any atom is 0.407 e. The van der Waals surface area contributed by atoms with Crippen LogP contribution in [0.5, 0.6) is 0 Å². The summed E-state index contributed by atoms with van der Waals surface area (Å²) in [6.07, 6.45) is 7.03. The second kappa shape index (κ2) is 13.2. The monoisotopic (exact) mass is 616 g/mol. The van der Waals surface area contributed by atoms with Gasteiger partial charge < -0.3 is 24.4 Å². The summed E-state index contributed by atoms with van der Waals surface area (Å²) >= 11 is 0. The lowest BCUT2D eigenvalue weighted by Crippen LogP contribution is -2.55. The molecule has 45 heavy (non-hydrogen) atoms. The van der Waals surface area contributed by atoms with Gasteiger partial charge in [-0.3, -0.25) is 0 Å². The molecule has 3 heterocycles. The van der Waals surface area contributed by atoms with Gasteiger partial charge in [0, 0.05) is 74.6 Å². The third kappa shape index (κ3) is 6.41. The fourth-order valence-corrected chi connectivity index (χ4v) is 8.26. The van der Waals surface area contributed by atoms with E-state index in [1.165, 1.54) is 12.1 Å². The van der Waals surface area contributed by atoms with Crippen LogP contribution in [0.4, 0.5) is 19.3 Å². The third-order valence-corrected chi connectivity index (χ3v) is 10.5. The number of piperidine rings is 1. The van der Waals surface area contributed by atoms with Crippen LogP contribution in [0.1, 0.15) is 49.1 Å². The van der Waals surface area contributed by atoms with Crippen LogP contribution in [0.15, 0.2) is 54.9 Å². The van der Waals surface area contributed by atoms with Crippen molar-refractivity contribution in [3.05, 3.63) is 83.4 Å². The van der Waals surface area contributed by atoms with Gasteiger partial charge in [0.2, 0.25) is 0 Å². The number of likely N-dealkylation sites (tertiary alicyclic amines) is 1. The third-order valence-electron chi connectivity index (χ3n) is 10.5. The Labute approximate surface area is 264 Å². The van der Waals surface area contributed by atoms with Gasteiger partial charge in [-0.2, -0.15) is 5.26 Å². The van der Waals surface area contributed by atoms with Gasteiger partial charge in [-0.15, -0.1) is 0 Å². The highest BCUT2D eigenvalue weighted by Crippen LogP contribution is 2.52. The van der Waals surface area contributed by atoms with E-state index in [1.54, 1.807) is 13.2 Å². The van der Waals surface area contributed by atoms with E-state index in [0.29, 0.717) is 23.6 Å². The zero-order valence-electron chi connectivity index (χ0n) is 26.1. The number of halogens is 2. The number of aryl methyl sites for hydroxylation is 1. The van der Waals surface area contributed by atoms with Crippen molar-refractivity contribution in [3.63, 3.8) is 0 Å². The van der Waals surface area contributed by atoms with Gasteiger partial charge in [-0.05, 0) is 100.0 Å². The minimum absolute atomic E-state index is 0.109. The van der Waals surface area contributed by atoms with Crippen molar-refractivity contribution in [3.8, 4) is 6.07 Å². The van der Waals surface area contributed by atoms with E-state index >= 15 is 0 Å². The number of hydrogen-bond donors (Lipinski definition) is 1. The average Bonchev–Trinajstić information content (AvgIpc) is 3.65. The quantitative estimate of drug-likeness (QED) is 0.334. The number of ether oxygens (including phenoxy) is 1. The summed E-state index contributed by atoms with van der Waals surface area (Å²) in [4.78, 5) is 21.8. The van der Waals surface area contributed by atoms with Crippen LogP contribution in [0, 0.1) is 47.6 Å². The number of alkyl carbamates (subject to hydrolysis) is 1. The molecule has 3 fully saturated rings. The predicted molar refractivity (Wildman–Crippen MR) is 168 cm³/mol.